The van der Waals surface area contributed by atoms with Gasteiger partial charge in [-0.05, 0) is 93.0 Å². The Bertz CT molecular complexity index is 3460. The lowest BCUT2D eigenvalue weighted by Gasteiger charge is -2.20. The van der Waals surface area contributed by atoms with E-state index in [1.807, 2.05) is 0 Å². The molecule has 62 heavy (non-hydrogen) atoms. The third kappa shape index (κ3) is 5.88. The Morgan fingerprint density at radius 3 is 1.23 bits per heavy atom. The minimum absolute atomic E-state index is 1.14. The minimum Gasteiger partial charge on any atom is -0.309 e. The molecule has 10 aromatic carbocycles. The summed E-state index contributed by atoms with van der Waals surface area (Å²) in [5.41, 5.74) is 18.8. The van der Waals surface area contributed by atoms with Gasteiger partial charge in [-0.1, -0.05) is 194 Å². The zero-order valence-corrected chi connectivity index (χ0v) is 34.0. The highest BCUT2D eigenvalue weighted by atomic mass is 15.0. The SMILES string of the molecule is c1ccc(-c2cccc(-c3cccc(-c4cccc(-c5ccccc5)c4)c3-n3c4ccc(-n5c6ccccc6c6ccccc65)cc4c4c(-c5ccccc5)cccc43)c2)cc1. The average Bonchev–Trinajstić information content (AvgIpc) is 3.87. The van der Waals surface area contributed by atoms with Crippen LogP contribution in [-0.2, 0) is 0 Å². The van der Waals surface area contributed by atoms with Crippen molar-refractivity contribution in [3.63, 3.8) is 0 Å². The molecule has 12 aromatic rings. The quantitative estimate of drug-likeness (QED) is 0.152. The minimum atomic E-state index is 1.14. The molecule has 2 heteroatoms. The summed E-state index contributed by atoms with van der Waals surface area (Å²) < 4.78 is 4.98. The second-order valence-corrected chi connectivity index (χ2v) is 16.1. The van der Waals surface area contributed by atoms with Crippen LogP contribution in [0.2, 0.25) is 0 Å². The first-order chi connectivity index (χ1) is 30.8. The number of benzene rings is 10. The van der Waals surface area contributed by atoms with Crippen LogP contribution in [0.15, 0.2) is 243 Å². The van der Waals surface area contributed by atoms with Crippen molar-refractivity contribution in [1.82, 2.24) is 9.13 Å². The first-order valence-electron chi connectivity index (χ1n) is 21.3. The molecule has 0 aliphatic rings. The number of nitrogens with zero attached hydrogens (tertiary/aromatic N) is 2. The molecule has 0 aliphatic heterocycles. The largest absolute Gasteiger partial charge is 0.309 e. The van der Waals surface area contributed by atoms with Crippen LogP contribution in [0.25, 0.3) is 111 Å². The monoisotopic (exact) mass is 788 g/mol. The molecule has 2 heterocycles. The smallest absolute Gasteiger partial charge is 0.0618 e. The number of para-hydroxylation sites is 3. The molecule has 0 spiro atoms. The van der Waals surface area contributed by atoms with Gasteiger partial charge < -0.3 is 9.13 Å². The van der Waals surface area contributed by atoms with Crippen molar-refractivity contribution in [3.05, 3.63) is 243 Å². The Labute approximate surface area is 360 Å². The van der Waals surface area contributed by atoms with E-state index in [1.54, 1.807) is 0 Å². The summed E-state index contributed by atoms with van der Waals surface area (Å²) in [5, 5.41) is 4.94. The first-order valence-corrected chi connectivity index (χ1v) is 21.3. The maximum Gasteiger partial charge on any atom is 0.0618 e. The van der Waals surface area contributed by atoms with Gasteiger partial charge in [0.05, 0.1) is 27.8 Å². The Hall–Kier alpha value is -8.20. The molecule has 290 valence electrons. The molecule has 0 atom stereocenters. The van der Waals surface area contributed by atoms with Gasteiger partial charge >= 0.3 is 0 Å². The molecule has 0 amide bonds. The molecule has 0 saturated carbocycles. The first kappa shape index (κ1) is 35.7. The second kappa shape index (κ2) is 14.8. The van der Waals surface area contributed by atoms with Crippen LogP contribution in [0.4, 0.5) is 0 Å². The highest BCUT2D eigenvalue weighted by Crippen LogP contribution is 2.45. The summed E-state index contributed by atoms with van der Waals surface area (Å²) in [6.07, 6.45) is 0. The molecule has 0 fully saturated rings. The van der Waals surface area contributed by atoms with E-state index in [-0.39, 0.29) is 0 Å². The zero-order valence-electron chi connectivity index (χ0n) is 34.0. The normalized spacial score (nSPS) is 11.5. The van der Waals surface area contributed by atoms with Crippen molar-refractivity contribution in [2.24, 2.45) is 0 Å². The van der Waals surface area contributed by atoms with E-state index < -0.39 is 0 Å². The van der Waals surface area contributed by atoms with Gasteiger partial charge in [0.25, 0.3) is 0 Å². The van der Waals surface area contributed by atoms with E-state index in [0.717, 1.165) is 22.4 Å². The highest BCUT2D eigenvalue weighted by molar-refractivity contribution is 6.17. The van der Waals surface area contributed by atoms with Crippen molar-refractivity contribution in [2.45, 2.75) is 0 Å². The maximum atomic E-state index is 2.54. The summed E-state index contributed by atoms with van der Waals surface area (Å²) >= 11 is 0. The zero-order chi connectivity index (χ0) is 41.0. The van der Waals surface area contributed by atoms with Crippen LogP contribution in [0, 0.1) is 0 Å². The highest BCUT2D eigenvalue weighted by Gasteiger charge is 2.23. The fourth-order valence-electron chi connectivity index (χ4n) is 9.74. The summed E-state index contributed by atoms with van der Waals surface area (Å²) in [6.45, 7) is 0. The Morgan fingerprint density at radius 2 is 0.645 bits per heavy atom. The Morgan fingerprint density at radius 1 is 0.226 bits per heavy atom. The third-order valence-corrected chi connectivity index (χ3v) is 12.5. The Balaban J connectivity index is 1.19. The third-order valence-electron chi connectivity index (χ3n) is 12.5. The number of fused-ring (bicyclic) bond motifs is 6. The number of aromatic nitrogens is 2. The summed E-state index contributed by atoms with van der Waals surface area (Å²) in [6, 6.07) is 88.6. The fraction of sp³-hybridized carbons (Fsp3) is 0. The molecular weight excluding hydrogens is 749 g/mol. The van der Waals surface area contributed by atoms with Crippen LogP contribution in [0.1, 0.15) is 0 Å². The van der Waals surface area contributed by atoms with Gasteiger partial charge in [-0.2, -0.15) is 0 Å². The fourth-order valence-corrected chi connectivity index (χ4v) is 9.74. The predicted molar refractivity (Wildman–Crippen MR) is 262 cm³/mol. The lowest BCUT2D eigenvalue weighted by molar-refractivity contribution is 1.17. The van der Waals surface area contributed by atoms with Gasteiger partial charge in [0.2, 0.25) is 0 Å². The average molecular weight is 789 g/mol. The van der Waals surface area contributed by atoms with Crippen molar-refractivity contribution in [2.75, 3.05) is 0 Å². The van der Waals surface area contributed by atoms with Gasteiger partial charge in [-0.15, -0.1) is 0 Å². The van der Waals surface area contributed by atoms with Gasteiger partial charge in [0.1, 0.15) is 0 Å². The molecule has 0 aliphatic carbocycles. The van der Waals surface area contributed by atoms with E-state index in [0.29, 0.717) is 0 Å². The van der Waals surface area contributed by atoms with Crippen molar-refractivity contribution in [1.29, 1.82) is 0 Å². The molecule has 0 saturated heterocycles. The number of hydrogen-bond acceptors (Lipinski definition) is 0. The van der Waals surface area contributed by atoms with Crippen LogP contribution in [-0.4, -0.2) is 9.13 Å². The number of rotatable bonds is 7. The maximum absolute atomic E-state index is 2.54. The predicted octanol–water partition coefficient (Wildman–Crippen LogP) is 16.2. The molecule has 0 radical (unpaired) electrons. The molecule has 0 bridgehead atoms. The van der Waals surface area contributed by atoms with Crippen LogP contribution < -0.4 is 0 Å². The van der Waals surface area contributed by atoms with Crippen molar-refractivity contribution >= 4 is 43.6 Å². The second-order valence-electron chi connectivity index (χ2n) is 16.1. The molecular formula is C60H40N2. The number of hydrogen-bond donors (Lipinski definition) is 0. The molecule has 2 aromatic heterocycles. The van der Waals surface area contributed by atoms with Crippen LogP contribution in [0.5, 0.6) is 0 Å². The van der Waals surface area contributed by atoms with E-state index in [1.165, 1.54) is 88.2 Å². The molecule has 0 unspecified atom stereocenters. The van der Waals surface area contributed by atoms with E-state index >= 15 is 0 Å². The standard InChI is InChI=1S/C60H40N2/c1-4-18-41(19-5-1)44-24-14-26-46(38-44)50-31-16-32-51(47-27-15-25-45(39-47)42-20-6-2-7-21-42)60(50)62-57-37-36-48(61-55-33-12-10-28-52(55)53-29-11-13-34-56(53)61)40-54(57)59-49(30-17-35-58(59)62)43-22-8-3-9-23-43/h1-40H. The molecule has 2 nitrogen and oxygen atoms in total. The Kier molecular flexibility index (Phi) is 8.53. The van der Waals surface area contributed by atoms with Gasteiger partial charge in [0, 0.05) is 38.4 Å². The molecule has 12 rings (SSSR count). The molecule has 0 N–H and O–H groups in total. The topological polar surface area (TPSA) is 9.86 Å². The summed E-state index contributed by atoms with van der Waals surface area (Å²) in [4.78, 5) is 0. The summed E-state index contributed by atoms with van der Waals surface area (Å²) in [5.74, 6) is 0. The van der Waals surface area contributed by atoms with Gasteiger partial charge in [-0.25, -0.2) is 0 Å². The van der Waals surface area contributed by atoms with E-state index in [2.05, 4.69) is 252 Å². The van der Waals surface area contributed by atoms with Crippen molar-refractivity contribution < 1.29 is 0 Å². The van der Waals surface area contributed by atoms with E-state index in [9.17, 15) is 0 Å². The van der Waals surface area contributed by atoms with Crippen LogP contribution in [0.3, 0.4) is 0 Å². The lowest BCUT2D eigenvalue weighted by Crippen LogP contribution is -2.01. The van der Waals surface area contributed by atoms with Gasteiger partial charge in [-0.3, -0.25) is 0 Å². The summed E-state index contributed by atoms with van der Waals surface area (Å²) in [7, 11) is 0. The lowest BCUT2D eigenvalue weighted by atomic mass is 9.92. The van der Waals surface area contributed by atoms with Crippen LogP contribution >= 0.6 is 0 Å². The van der Waals surface area contributed by atoms with E-state index in [4.69, 9.17) is 0 Å². The van der Waals surface area contributed by atoms with Gasteiger partial charge in [0.15, 0.2) is 0 Å². The van der Waals surface area contributed by atoms with Crippen molar-refractivity contribution in [3.8, 4) is 67.0 Å².